The minimum absolute atomic E-state index is 0.101. The van der Waals surface area contributed by atoms with Crippen LogP contribution in [0.5, 0.6) is 0 Å². The summed E-state index contributed by atoms with van der Waals surface area (Å²) in [6.07, 6.45) is 2.47. The van der Waals surface area contributed by atoms with Crippen LogP contribution in [0.2, 0.25) is 0 Å². The van der Waals surface area contributed by atoms with Gasteiger partial charge in [-0.25, -0.2) is 4.79 Å². The first-order valence-electron chi connectivity index (χ1n) is 6.76. The van der Waals surface area contributed by atoms with Gasteiger partial charge in [0.2, 0.25) is 5.91 Å². The lowest BCUT2D eigenvalue weighted by Crippen LogP contribution is -2.53. The molecule has 0 saturated heterocycles. The van der Waals surface area contributed by atoms with Crippen LogP contribution in [-0.4, -0.2) is 29.4 Å². The van der Waals surface area contributed by atoms with Gasteiger partial charge in [0.15, 0.2) is 0 Å². The van der Waals surface area contributed by atoms with E-state index in [2.05, 4.69) is 11.4 Å². The van der Waals surface area contributed by atoms with Crippen LogP contribution in [0, 0.1) is 11.3 Å². The van der Waals surface area contributed by atoms with Gasteiger partial charge in [0.1, 0.15) is 5.54 Å². The third kappa shape index (κ3) is 3.16. The van der Waals surface area contributed by atoms with Crippen molar-refractivity contribution in [2.24, 2.45) is 5.73 Å². The van der Waals surface area contributed by atoms with E-state index in [1.165, 1.54) is 16.2 Å². The normalized spacial score (nSPS) is 17.1. The number of urea groups is 1. The van der Waals surface area contributed by atoms with Gasteiger partial charge in [0, 0.05) is 11.9 Å². The minimum atomic E-state index is -0.677. The van der Waals surface area contributed by atoms with Crippen molar-refractivity contribution >= 4 is 23.3 Å². The second kappa shape index (κ2) is 6.14. The summed E-state index contributed by atoms with van der Waals surface area (Å²) in [6.45, 7) is 0. The number of thiophene rings is 1. The van der Waals surface area contributed by atoms with Gasteiger partial charge in [0.05, 0.1) is 18.5 Å². The van der Waals surface area contributed by atoms with Crippen molar-refractivity contribution in [3.8, 4) is 6.07 Å². The van der Waals surface area contributed by atoms with Gasteiger partial charge in [-0.05, 0) is 30.7 Å². The van der Waals surface area contributed by atoms with Crippen LogP contribution < -0.4 is 11.1 Å². The molecule has 1 saturated carbocycles. The van der Waals surface area contributed by atoms with E-state index in [-0.39, 0.29) is 12.3 Å². The molecule has 1 heterocycles. The summed E-state index contributed by atoms with van der Waals surface area (Å²) in [6, 6.07) is 4.83. The van der Waals surface area contributed by atoms with E-state index in [0.29, 0.717) is 12.8 Å². The molecule has 6 nitrogen and oxygen atoms in total. The van der Waals surface area contributed by atoms with Gasteiger partial charge < -0.3 is 16.0 Å². The molecule has 21 heavy (non-hydrogen) atoms. The molecule has 2 rings (SSSR count). The van der Waals surface area contributed by atoms with Crippen LogP contribution in [0.25, 0.3) is 0 Å². The Labute approximate surface area is 127 Å². The summed E-state index contributed by atoms with van der Waals surface area (Å²) in [5.74, 6) is -0.164. The lowest BCUT2D eigenvalue weighted by molar-refractivity contribution is -0.136. The predicted molar refractivity (Wildman–Crippen MR) is 79.4 cm³/mol. The SMILES string of the molecule is CN(C(=O)CC(NC(N)=O)c1cccs1)C1(C#N)CCC1. The van der Waals surface area contributed by atoms with Crippen LogP contribution in [0.1, 0.15) is 36.6 Å². The summed E-state index contributed by atoms with van der Waals surface area (Å²) in [5.41, 5.74) is 4.50. The smallest absolute Gasteiger partial charge is 0.312 e. The number of hydrogen-bond donors (Lipinski definition) is 2. The average Bonchev–Trinajstić information content (AvgIpc) is 2.90. The maximum atomic E-state index is 12.4. The number of nitrogens with one attached hydrogen (secondary N) is 1. The molecule has 3 N–H and O–H groups in total. The van der Waals surface area contributed by atoms with Gasteiger partial charge in [0.25, 0.3) is 0 Å². The summed E-state index contributed by atoms with van der Waals surface area (Å²) in [4.78, 5) is 25.9. The van der Waals surface area contributed by atoms with Crippen molar-refractivity contribution in [3.05, 3.63) is 22.4 Å². The van der Waals surface area contributed by atoms with Gasteiger partial charge in [-0.15, -0.1) is 11.3 Å². The van der Waals surface area contributed by atoms with E-state index >= 15 is 0 Å². The molecule has 0 aromatic carbocycles. The fraction of sp³-hybridized carbons (Fsp3) is 0.500. The number of nitriles is 1. The maximum Gasteiger partial charge on any atom is 0.312 e. The molecule has 3 amide bonds. The number of nitrogens with zero attached hydrogens (tertiary/aromatic N) is 2. The Bertz CT molecular complexity index is 560. The van der Waals surface area contributed by atoms with Crippen molar-refractivity contribution in [2.45, 2.75) is 37.3 Å². The Kier molecular flexibility index (Phi) is 4.48. The fourth-order valence-electron chi connectivity index (χ4n) is 2.47. The Balaban J connectivity index is 2.08. The lowest BCUT2D eigenvalue weighted by Gasteiger charge is -2.43. The molecule has 1 aromatic rings. The summed E-state index contributed by atoms with van der Waals surface area (Å²) in [7, 11) is 1.65. The Morgan fingerprint density at radius 2 is 2.33 bits per heavy atom. The molecule has 0 radical (unpaired) electrons. The van der Waals surface area contributed by atoms with Gasteiger partial charge in [-0.1, -0.05) is 6.07 Å². The zero-order valence-corrected chi connectivity index (χ0v) is 12.7. The zero-order chi connectivity index (χ0) is 15.5. The number of carbonyl (C=O) groups excluding carboxylic acids is 2. The molecule has 1 aliphatic rings. The molecule has 0 aliphatic heterocycles. The van der Waals surface area contributed by atoms with Crippen molar-refractivity contribution < 1.29 is 9.59 Å². The molecule has 1 unspecified atom stereocenters. The highest BCUT2D eigenvalue weighted by molar-refractivity contribution is 7.10. The van der Waals surface area contributed by atoms with Gasteiger partial charge >= 0.3 is 6.03 Å². The highest BCUT2D eigenvalue weighted by Gasteiger charge is 2.43. The quantitative estimate of drug-likeness (QED) is 0.866. The first kappa shape index (κ1) is 15.3. The number of nitrogens with two attached hydrogens (primary N) is 1. The fourth-order valence-corrected chi connectivity index (χ4v) is 3.25. The van der Waals surface area contributed by atoms with E-state index in [1.54, 1.807) is 7.05 Å². The molecule has 1 aliphatic carbocycles. The van der Waals surface area contributed by atoms with E-state index in [4.69, 9.17) is 5.73 Å². The summed E-state index contributed by atoms with van der Waals surface area (Å²) in [5, 5.41) is 13.8. The summed E-state index contributed by atoms with van der Waals surface area (Å²) < 4.78 is 0. The van der Waals surface area contributed by atoms with Crippen LogP contribution >= 0.6 is 11.3 Å². The number of amides is 3. The zero-order valence-electron chi connectivity index (χ0n) is 11.8. The molecule has 112 valence electrons. The third-order valence-electron chi connectivity index (χ3n) is 3.99. The summed E-state index contributed by atoms with van der Waals surface area (Å²) >= 11 is 1.45. The first-order valence-corrected chi connectivity index (χ1v) is 7.64. The highest BCUT2D eigenvalue weighted by atomic mass is 32.1. The third-order valence-corrected chi connectivity index (χ3v) is 4.97. The molecule has 1 atom stereocenters. The van der Waals surface area contributed by atoms with E-state index in [9.17, 15) is 14.9 Å². The van der Waals surface area contributed by atoms with Gasteiger partial charge in [-0.2, -0.15) is 5.26 Å². The maximum absolute atomic E-state index is 12.4. The molecular formula is C14H18N4O2S. The Morgan fingerprint density at radius 3 is 2.76 bits per heavy atom. The average molecular weight is 306 g/mol. The highest BCUT2D eigenvalue weighted by Crippen LogP contribution is 2.37. The second-order valence-electron chi connectivity index (χ2n) is 5.23. The molecule has 1 fully saturated rings. The Hall–Kier alpha value is -2.07. The van der Waals surface area contributed by atoms with E-state index < -0.39 is 17.6 Å². The number of primary amides is 1. The van der Waals surface area contributed by atoms with Crippen LogP contribution in [-0.2, 0) is 4.79 Å². The topological polar surface area (TPSA) is 99.2 Å². The standard InChI is InChI=1S/C14H18N4O2S/c1-18(14(9-15)5-3-6-14)12(19)8-10(17-13(16)20)11-4-2-7-21-11/h2,4,7,10H,3,5-6,8H2,1H3,(H3,16,17,20). The Morgan fingerprint density at radius 1 is 1.62 bits per heavy atom. The van der Waals surface area contributed by atoms with Crippen molar-refractivity contribution in [1.82, 2.24) is 10.2 Å². The van der Waals surface area contributed by atoms with E-state index in [1.807, 2.05) is 17.5 Å². The molecule has 0 bridgehead atoms. The number of hydrogen-bond acceptors (Lipinski definition) is 4. The number of rotatable bonds is 5. The van der Waals surface area contributed by atoms with Crippen molar-refractivity contribution in [3.63, 3.8) is 0 Å². The van der Waals surface area contributed by atoms with Crippen molar-refractivity contribution in [1.29, 1.82) is 5.26 Å². The largest absolute Gasteiger partial charge is 0.352 e. The monoisotopic (exact) mass is 306 g/mol. The van der Waals surface area contributed by atoms with Crippen LogP contribution in [0.15, 0.2) is 17.5 Å². The van der Waals surface area contributed by atoms with Crippen LogP contribution in [0.3, 0.4) is 0 Å². The molecular weight excluding hydrogens is 288 g/mol. The van der Waals surface area contributed by atoms with Crippen LogP contribution in [0.4, 0.5) is 4.79 Å². The van der Waals surface area contributed by atoms with Crippen molar-refractivity contribution in [2.75, 3.05) is 7.05 Å². The molecule has 0 spiro atoms. The minimum Gasteiger partial charge on any atom is -0.352 e. The number of carbonyl (C=O) groups is 2. The predicted octanol–water partition coefficient (Wildman–Crippen LogP) is 1.75. The van der Waals surface area contributed by atoms with Gasteiger partial charge in [-0.3, -0.25) is 4.79 Å². The lowest BCUT2D eigenvalue weighted by atomic mass is 9.76. The van der Waals surface area contributed by atoms with E-state index in [0.717, 1.165) is 11.3 Å². The second-order valence-corrected chi connectivity index (χ2v) is 6.21. The molecule has 1 aromatic heterocycles. The first-order chi connectivity index (χ1) is 9.98. The molecule has 7 heteroatoms.